The molecule has 0 radical (unpaired) electrons. The molecule has 2 rings (SSSR count). The van der Waals surface area contributed by atoms with Crippen LogP contribution in [-0.4, -0.2) is 30.1 Å². The third-order valence-electron chi connectivity index (χ3n) is 3.83. The van der Waals surface area contributed by atoms with Crippen LogP contribution in [0, 0.1) is 0 Å². The van der Waals surface area contributed by atoms with Crippen LogP contribution < -0.4 is 10.7 Å². The van der Waals surface area contributed by atoms with E-state index >= 15 is 0 Å². The topological polar surface area (TPSA) is 45.7 Å². The van der Waals surface area contributed by atoms with Crippen molar-refractivity contribution >= 4 is 23.0 Å². The molecule has 1 heterocycles. The van der Waals surface area contributed by atoms with Gasteiger partial charge in [-0.2, -0.15) is 5.10 Å². The van der Waals surface area contributed by atoms with Crippen molar-refractivity contribution in [1.82, 2.24) is 10.7 Å². The van der Waals surface area contributed by atoms with Crippen molar-refractivity contribution in [2.24, 2.45) is 5.10 Å². The van der Waals surface area contributed by atoms with Crippen LogP contribution in [-0.2, 0) is 4.74 Å². The van der Waals surface area contributed by atoms with Gasteiger partial charge in [0, 0.05) is 13.2 Å². The Balaban J connectivity index is 1.81. The Morgan fingerprint density at radius 1 is 1.36 bits per heavy atom. The summed E-state index contributed by atoms with van der Waals surface area (Å²) in [6.45, 7) is 7.95. The number of hydrogen-bond acceptors (Lipinski definition) is 3. The van der Waals surface area contributed by atoms with Gasteiger partial charge >= 0.3 is 0 Å². The molecule has 4 nitrogen and oxygen atoms in total. The summed E-state index contributed by atoms with van der Waals surface area (Å²) < 4.78 is 5.54. The maximum absolute atomic E-state index is 5.54. The Labute approximate surface area is 138 Å². The first-order valence-electron chi connectivity index (χ1n) is 7.86. The van der Waals surface area contributed by atoms with E-state index in [2.05, 4.69) is 54.0 Å². The Hall–Kier alpha value is -1.46. The minimum absolute atomic E-state index is 0.272. The molecule has 5 heteroatoms. The smallest absolute Gasteiger partial charge is 0.187 e. The molecule has 1 saturated heterocycles. The first-order chi connectivity index (χ1) is 10.6. The third kappa shape index (κ3) is 5.07. The predicted octanol–water partition coefficient (Wildman–Crippen LogP) is 3.18. The summed E-state index contributed by atoms with van der Waals surface area (Å²) in [5.41, 5.74) is 6.24. The van der Waals surface area contributed by atoms with Crippen LogP contribution in [0.2, 0.25) is 0 Å². The van der Waals surface area contributed by atoms with E-state index in [-0.39, 0.29) is 6.10 Å². The third-order valence-corrected chi connectivity index (χ3v) is 4.07. The van der Waals surface area contributed by atoms with Crippen molar-refractivity contribution in [2.75, 3.05) is 13.2 Å². The van der Waals surface area contributed by atoms with Gasteiger partial charge in [0.2, 0.25) is 0 Å². The van der Waals surface area contributed by atoms with E-state index in [1.165, 1.54) is 5.56 Å². The Bertz CT molecular complexity index is 519. The molecule has 1 fully saturated rings. The molecule has 1 aromatic carbocycles. The van der Waals surface area contributed by atoms with Crippen molar-refractivity contribution in [2.45, 2.75) is 45.6 Å². The van der Waals surface area contributed by atoms with Crippen LogP contribution in [0.4, 0.5) is 0 Å². The van der Waals surface area contributed by atoms with Crippen molar-refractivity contribution in [1.29, 1.82) is 0 Å². The average molecular weight is 319 g/mol. The summed E-state index contributed by atoms with van der Waals surface area (Å²) in [7, 11) is 0. The van der Waals surface area contributed by atoms with Crippen LogP contribution >= 0.6 is 12.2 Å². The van der Waals surface area contributed by atoms with E-state index in [0.717, 1.165) is 37.3 Å². The highest BCUT2D eigenvalue weighted by Gasteiger charge is 2.15. The van der Waals surface area contributed by atoms with Crippen molar-refractivity contribution in [3.63, 3.8) is 0 Å². The fraction of sp³-hybridized carbons (Fsp3) is 0.529. The molecule has 0 spiro atoms. The van der Waals surface area contributed by atoms with Crippen LogP contribution in [0.3, 0.4) is 0 Å². The van der Waals surface area contributed by atoms with Crippen LogP contribution in [0.15, 0.2) is 29.4 Å². The summed E-state index contributed by atoms with van der Waals surface area (Å²) in [6, 6.07) is 8.48. The van der Waals surface area contributed by atoms with Gasteiger partial charge < -0.3 is 10.1 Å². The summed E-state index contributed by atoms with van der Waals surface area (Å²) in [4.78, 5) is 0. The SMILES string of the molecule is C/C(=N/NC(=S)NC[C@H]1CCCO1)c1ccc(C(C)C)cc1. The Kier molecular flexibility index (Phi) is 6.34. The van der Waals surface area contributed by atoms with Gasteiger partial charge in [-0.25, -0.2) is 0 Å². The van der Waals surface area contributed by atoms with Gasteiger partial charge in [0.15, 0.2) is 5.11 Å². The zero-order valence-electron chi connectivity index (χ0n) is 13.6. The lowest BCUT2D eigenvalue weighted by Gasteiger charge is -2.12. The van der Waals surface area contributed by atoms with Gasteiger partial charge in [0.1, 0.15) is 0 Å². The van der Waals surface area contributed by atoms with Gasteiger partial charge in [-0.1, -0.05) is 38.1 Å². The fourth-order valence-electron chi connectivity index (χ4n) is 2.36. The van der Waals surface area contributed by atoms with Gasteiger partial charge in [-0.05, 0) is 49.0 Å². The molecular weight excluding hydrogens is 294 g/mol. The molecule has 2 N–H and O–H groups in total. The number of benzene rings is 1. The molecule has 0 amide bonds. The second kappa shape index (κ2) is 8.25. The van der Waals surface area contributed by atoms with E-state index in [1.807, 2.05) is 6.92 Å². The highest BCUT2D eigenvalue weighted by Crippen LogP contribution is 2.15. The first-order valence-corrected chi connectivity index (χ1v) is 8.27. The monoisotopic (exact) mass is 319 g/mol. The Morgan fingerprint density at radius 3 is 2.68 bits per heavy atom. The number of hydrogen-bond donors (Lipinski definition) is 2. The lowest BCUT2D eigenvalue weighted by molar-refractivity contribution is 0.114. The van der Waals surface area contributed by atoms with Gasteiger partial charge in [-0.3, -0.25) is 5.43 Å². The summed E-state index contributed by atoms with van der Waals surface area (Å²) in [6.07, 6.45) is 2.50. The molecular formula is C17H25N3OS. The van der Waals surface area contributed by atoms with Gasteiger partial charge in [-0.15, -0.1) is 0 Å². The normalized spacial score (nSPS) is 18.5. The lowest BCUT2D eigenvalue weighted by atomic mass is 10.0. The minimum Gasteiger partial charge on any atom is -0.376 e. The van der Waals surface area contributed by atoms with E-state index in [0.29, 0.717) is 11.0 Å². The number of nitrogens with zero attached hydrogens (tertiary/aromatic N) is 1. The van der Waals surface area contributed by atoms with E-state index < -0.39 is 0 Å². The number of rotatable bonds is 5. The standard InChI is InChI=1S/C17H25N3OS/c1-12(2)14-6-8-15(9-7-14)13(3)19-20-17(22)18-11-16-5-4-10-21-16/h6-9,12,16H,4-5,10-11H2,1-3H3,(H2,18,20,22)/b19-13-/t16-/m1/s1. The average Bonchev–Trinajstić information content (AvgIpc) is 3.04. The molecule has 0 aromatic heterocycles. The number of hydrazone groups is 1. The molecule has 22 heavy (non-hydrogen) atoms. The summed E-state index contributed by atoms with van der Waals surface area (Å²) in [5, 5.41) is 8.02. The van der Waals surface area contributed by atoms with E-state index in [4.69, 9.17) is 17.0 Å². The lowest BCUT2D eigenvalue weighted by Crippen LogP contribution is -2.37. The molecule has 0 unspecified atom stereocenters. The summed E-state index contributed by atoms with van der Waals surface area (Å²) >= 11 is 5.23. The van der Waals surface area contributed by atoms with Crippen molar-refractivity contribution in [3.05, 3.63) is 35.4 Å². The predicted molar refractivity (Wildman–Crippen MR) is 95.5 cm³/mol. The van der Waals surface area contributed by atoms with Gasteiger partial charge in [0.05, 0.1) is 11.8 Å². The molecule has 1 atom stereocenters. The van der Waals surface area contributed by atoms with Crippen LogP contribution in [0.25, 0.3) is 0 Å². The maximum atomic E-state index is 5.54. The molecule has 1 aliphatic rings. The van der Waals surface area contributed by atoms with Crippen LogP contribution in [0.5, 0.6) is 0 Å². The Morgan fingerprint density at radius 2 is 2.09 bits per heavy atom. The highest BCUT2D eigenvalue weighted by atomic mass is 32.1. The molecule has 0 bridgehead atoms. The molecule has 1 aromatic rings. The second-order valence-corrected chi connectivity index (χ2v) is 6.34. The van der Waals surface area contributed by atoms with E-state index in [9.17, 15) is 0 Å². The summed E-state index contributed by atoms with van der Waals surface area (Å²) in [5.74, 6) is 0.541. The van der Waals surface area contributed by atoms with Gasteiger partial charge in [0.25, 0.3) is 0 Å². The van der Waals surface area contributed by atoms with E-state index in [1.54, 1.807) is 0 Å². The number of thiocarbonyl (C=S) groups is 1. The molecule has 0 aliphatic carbocycles. The maximum Gasteiger partial charge on any atom is 0.187 e. The second-order valence-electron chi connectivity index (χ2n) is 5.93. The molecule has 1 aliphatic heterocycles. The number of nitrogens with one attached hydrogen (secondary N) is 2. The van der Waals surface area contributed by atoms with Crippen LogP contribution in [0.1, 0.15) is 50.7 Å². The quantitative estimate of drug-likeness (QED) is 0.497. The highest BCUT2D eigenvalue weighted by molar-refractivity contribution is 7.80. The minimum atomic E-state index is 0.272. The van der Waals surface area contributed by atoms with Crippen molar-refractivity contribution < 1.29 is 4.74 Å². The fourth-order valence-corrected chi connectivity index (χ4v) is 2.49. The van der Waals surface area contributed by atoms with Crippen molar-refractivity contribution in [3.8, 4) is 0 Å². The zero-order chi connectivity index (χ0) is 15.9. The first kappa shape index (κ1) is 16.9. The molecule has 0 saturated carbocycles. The zero-order valence-corrected chi connectivity index (χ0v) is 14.4. The molecule has 120 valence electrons. The number of ether oxygens (including phenoxy) is 1. The largest absolute Gasteiger partial charge is 0.376 e.